The number of carbonyl (C=O) groups is 2. The highest BCUT2D eigenvalue weighted by atomic mass is 16.5. The van der Waals surface area contributed by atoms with Gasteiger partial charge >= 0.3 is 11.9 Å². The molecule has 4 nitrogen and oxygen atoms in total. The number of hydrogen-bond donors (Lipinski definition) is 1. The van der Waals surface area contributed by atoms with Crippen LogP contribution in [0.15, 0.2) is 0 Å². The zero-order valence-electron chi connectivity index (χ0n) is 19.5. The molecule has 0 aromatic rings. The van der Waals surface area contributed by atoms with Gasteiger partial charge in [-0.05, 0) is 63.2 Å². The van der Waals surface area contributed by atoms with Crippen LogP contribution in [0.5, 0.6) is 0 Å². The Morgan fingerprint density at radius 3 is 1.97 bits per heavy atom. The molecule has 1 N–H and O–H groups in total. The van der Waals surface area contributed by atoms with Gasteiger partial charge < -0.3 is 9.84 Å². The van der Waals surface area contributed by atoms with Gasteiger partial charge in [-0.1, -0.05) is 66.2 Å². The van der Waals surface area contributed by atoms with Crippen molar-refractivity contribution in [3.8, 4) is 0 Å². The third kappa shape index (κ3) is 10.5. The maximum atomic E-state index is 12.8. The number of ether oxygens (including phenoxy) is 1. The van der Waals surface area contributed by atoms with Gasteiger partial charge in [-0.2, -0.15) is 0 Å². The number of carboxylic acid groups (broad SMARTS) is 1. The number of carboxylic acids is 1. The Balaban J connectivity index is 2.53. The van der Waals surface area contributed by atoms with Crippen molar-refractivity contribution in [2.24, 2.45) is 23.7 Å². The summed E-state index contributed by atoms with van der Waals surface area (Å²) in [6.45, 7) is 8.98. The van der Waals surface area contributed by atoms with Gasteiger partial charge in [0.2, 0.25) is 0 Å². The van der Waals surface area contributed by atoms with Crippen molar-refractivity contribution < 1.29 is 19.4 Å². The first-order valence-corrected chi connectivity index (χ1v) is 12.3. The van der Waals surface area contributed by atoms with E-state index in [0.717, 1.165) is 31.6 Å². The van der Waals surface area contributed by atoms with Crippen LogP contribution in [0, 0.1) is 23.7 Å². The Labute approximate surface area is 179 Å². The van der Waals surface area contributed by atoms with E-state index in [0.29, 0.717) is 31.6 Å². The maximum Gasteiger partial charge on any atom is 0.309 e. The first-order valence-electron chi connectivity index (χ1n) is 12.3. The number of esters is 1. The van der Waals surface area contributed by atoms with Crippen LogP contribution in [0.1, 0.15) is 118 Å². The molecule has 0 aliphatic heterocycles. The summed E-state index contributed by atoms with van der Waals surface area (Å²) in [5, 5.41) is 9.17. The first-order chi connectivity index (χ1) is 13.9. The molecule has 1 aliphatic rings. The molecule has 2 atom stereocenters. The van der Waals surface area contributed by atoms with Gasteiger partial charge in [-0.3, -0.25) is 9.59 Å². The van der Waals surface area contributed by atoms with E-state index in [1.807, 2.05) is 0 Å². The van der Waals surface area contributed by atoms with Crippen LogP contribution >= 0.6 is 0 Å². The standard InChI is InChI=1S/C25H46O4/c1-5-7-13-20(6-2)23(14-11-9-8-10-12-19(3)4)29-25(28)22-17-15-21(16-18-22)24(26)27/h19-23H,5-18H2,1-4H3,(H,26,27). The van der Waals surface area contributed by atoms with E-state index in [1.54, 1.807) is 0 Å². The fraction of sp³-hybridized carbons (Fsp3) is 0.920. The number of rotatable bonds is 15. The fourth-order valence-electron chi connectivity index (χ4n) is 4.58. The molecule has 0 saturated heterocycles. The molecule has 0 spiro atoms. The predicted octanol–water partition coefficient (Wildman–Crippen LogP) is 7.00. The van der Waals surface area contributed by atoms with Gasteiger partial charge in [0.15, 0.2) is 0 Å². The normalized spacial score (nSPS) is 21.7. The summed E-state index contributed by atoms with van der Waals surface area (Å²) in [7, 11) is 0. The number of carbonyl (C=O) groups excluding carboxylic acids is 1. The second-order valence-corrected chi connectivity index (χ2v) is 9.56. The van der Waals surface area contributed by atoms with Crippen molar-refractivity contribution in [3.63, 3.8) is 0 Å². The van der Waals surface area contributed by atoms with Crippen LogP contribution < -0.4 is 0 Å². The van der Waals surface area contributed by atoms with E-state index in [9.17, 15) is 9.59 Å². The molecule has 29 heavy (non-hydrogen) atoms. The van der Waals surface area contributed by atoms with Crippen LogP contribution in [0.3, 0.4) is 0 Å². The van der Waals surface area contributed by atoms with E-state index >= 15 is 0 Å². The van der Waals surface area contributed by atoms with Crippen molar-refractivity contribution in [1.82, 2.24) is 0 Å². The third-order valence-corrected chi connectivity index (χ3v) is 6.68. The summed E-state index contributed by atoms with van der Waals surface area (Å²) >= 11 is 0. The van der Waals surface area contributed by atoms with Crippen molar-refractivity contribution >= 4 is 11.9 Å². The zero-order valence-corrected chi connectivity index (χ0v) is 19.5. The molecule has 4 heteroatoms. The van der Waals surface area contributed by atoms with Crippen LogP contribution in [-0.4, -0.2) is 23.1 Å². The highest BCUT2D eigenvalue weighted by molar-refractivity contribution is 5.74. The summed E-state index contributed by atoms with van der Waals surface area (Å²) in [6.07, 6.45) is 14.3. The number of hydrogen-bond acceptors (Lipinski definition) is 3. The summed E-state index contributed by atoms with van der Waals surface area (Å²) in [6, 6.07) is 0. The molecule has 1 aliphatic carbocycles. The van der Waals surface area contributed by atoms with Crippen molar-refractivity contribution in [3.05, 3.63) is 0 Å². The SMILES string of the molecule is CCCCC(CC)C(CCCCCCC(C)C)OC(=O)C1CCC(C(=O)O)CC1. The minimum Gasteiger partial charge on any atom is -0.481 e. The number of unbranched alkanes of at least 4 members (excludes halogenated alkanes) is 4. The second kappa shape index (κ2) is 14.8. The van der Waals surface area contributed by atoms with Crippen molar-refractivity contribution in [1.29, 1.82) is 0 Å². The largest absolute Gasteiger partial charge is 0.481 e. The molecule has 0 bridgehead atoms. The van der Waals surface area contributed by atoms with E-state index < -0.39 is 5.97 Å². The summed E-state index contributed by atoms with van der Waals surface area (Å²) in [5.74, 6) is 0.0335. The molecule has 170 valence electrons. The monoisotopic (exact) mass is 410 g/mol. The van der Waals surface area contributed by atoms with Crippen LogP contribution in [0.4, 0.5) is 0 Å². The molecular formula is C25H46O4. The van der Waals surface area contributed by atoms with Crippen molar-refractivity contribution in [2.45, 2.75) is 124 Å². The Morgan fingerprint density at radius 1 is 0.862 bits per heavy atom. The van der Waals surface area contributed by atoms with E-state index in [1.165, 1.54) is 38.5 Å². The van der Waals surface area contributed by atoms with E-state index in [2.05, 4.69) is 27.7 Å². The summed E-state index contributed by atoms with van der Waals surface area (Å²) in [5.41, 5.74) is 0. The summed E-state index contributed by atoms with van der Waals surface area (Å²) in [4.78, 5) is 24.0. The molecule has 1 fully saturated rings. The van der Waals surface area contributed by atoms with Gasteiger partial charge in [0.1, 0.15) is 6.10 Å². The van der Waals surface area contributed by atoms with Gasteiger partial charge in [0.05, 0.1) is 11.8 Å². The van der Waals surface area contributed by atoms with Crippen LogP contribution in [0.2, 0.25) is 0 Å². The quantitative estimate of drug-likeness (QED) is 0.233. The van der Waals surface area contributed by atoms with Gasteiger partial charge in [-0.15, -0.1) is 0 Å². The lowest BCUT2D eigenvalue weighted by atomic mass is 9.82. The molecule has 0 amide bonds. The number of aliphatic carboxylic acids is 1. The lowest BCUT2D eigenvalue weighted by Gasteiger charge is -2.30. The topological polar surface area (TPSA) is 63.6 Å². The smallest absolute Gasteiger partial charge is 0.309 e. The minimum atomic E-state index is -0.724. The predicted molar refractivity (Wildman–Crippen MR) is 119 cm³/mol. The highest BCUT2D eigenvalue weighted by Gasteiger charge is 2.33. The van der Waals surface area contributed by atoms with Gasteiger partial charge in [-0.25, -0.2) is 0 Å². The Hall–Kier alpha value is -1.06. The average Bonchev–Trinajstić information content (AvgIpc) is 2.70. The Bertz CT molecular complexity index is 452. The molecule has 0 radical (unpaired) electrons. The van der Waals surface area contributed by atoms with Crippen LogP contribution in [0.25, 0.3) is 0 Å². The third-order valence-electron chi connectivity index (χ3n) is 6.68. The van der Waals surface area contributed by atoms with Crippen LogP contribution in [-0.2, 0) is 14.3 Å². The second-order valence-electron chi connectivity index (χ2n) is 9.56. The van der Waals surface area contributed by atoms with Gasteiger partial charge in [0.25, 0.3) is 0 Å². The lowest BCUT2D eigenvalue weighted by molar-refractivity contribution is -0.160. The Morgan fingerprint density at radius 2 is 1.45 bits per heavy atom. The Kier molecular flexibility index (Phi) is 13.3. The zero-order chi connectivity index (χ0) is 21.6. The molecular weight excluding hydrogens is 364 g/mol. The molecule has 1 rings (SSSR count). The molecule has 0 heterocycles. The average molecular weight is 411 g/mol. The minimum absolute atomic E-state index is 0.0290. The molecule has 1 saturated carbocycles. The lowest BCUT2D eigenvalue weighted by Crippen LogP contribution is -2.32. The van der Waals surface area contributed by atoms with Crippen molar-refractivity contribution in [2.75, 3.05) is 0 Å². The fourth-order valence-corrected chi connectivity index (χ4v) is 4.58. The van der Waals surface area contributed by atoms with E-state index in [-0.39, 0.29) is 23.9 Å². The first kappa shape index (κ1) is 26.0. The molecule has 2 unspecified atom stereocenters. The molecule has 0 aromatic carbocycles. The van der Waals surface area contributed by atoms with E-state index in [4.69, 9.17) is 9.84 Å². The highest BCUT2D eigenvalue weighted by Crippen LogP contribution is 2.32. The molecule has 0 aromatic heterocycles. The maximum absolute atomic E-state index is 12.8. The summed E-state index contributed by atoms with van der Waals surface area (Å²) < 4.78 is 6.09. The van der Waals surface area contributed by atoms with Gasteiger partial charge in [0, 0.05) is 0 Å².